The lowest BCUT2D eigenvalue weighted by atomic mass is 10.0. The number of thioether (sulfide) groups is 1. The van der Waals surface area contributed by atoms with Crippen molar-refractivity contribution in [3.63, 3.8) is 0 Å². The Morgan fingerprint density at radius 1 is 1.27 bits per heavy atom. The number of carbonyl (C=O) groups is 1. The van der Waals surface area contributed by atoms with Gasteiger partial charge in [-0.3, -0.25) is 4.79 Å². The first-order valence-electron chi connectivity index (χ1n) is 8.23. The maximum Gasteiger partial charge on any atom is 0.251 e. The zero-order valence-corrected chi connectivity index (χ0v) is 15.8. The van der Waals surface area contributed by atoms with Crippen LogP contribution in [0.25, 0.3) is 0 Å². The van der Waals surface area contributed by atoms with E-state index in [-0.39, 0.29) is 34.8 Å². The van der Waals surface area contributed by atoms with Crippen molar-refractivity contribution in [2.45, 2.75) is 29.2 Å². The van der Waals surface area contributed by atoms with Gasteiger partial charge in [-0.25, -0.2) is 17.5 Å². The molecule has 0 saturated heterocycles. The third-order valence-electron chi connectivity index (χ3n) is 4.06. The van der Waals surface area contributed by atoms with Gasteiger partial charge in [-0.05, 0) is 48.4 Å². The molecule has 138 valence electrons. The molecule has 0 radical (unpaired) electrons. The molecule has 0 bridgehead atoms. The summed E-state index contributed by atoms with van der Waals surface area (Å²) in [5.74, 6) is 0.0909. The smallest absolute Gasteiger partial charge is 0.251 e. The van der Waals surface area contributed by atoms with Gasteiger partial charge >= 0.3 is 0 Å². The van der Waals surface area contributed by atoms with Gasteiger partial charge in [-0.2, -0.15) is 0 Å². The molecule has 1 atom stereocenters. The van der Waals surface area contributed by atoms with Crippen LogP contribution < -0.4 is 10.0 Å². The molecular formula is C18H19FN2O3S2. The summed E-state index contributed by atoms with van der Waals surface area (Å²) in [7, 11) is -3.64. The molecule has 0 spiro atoms. The molecule has 2 N–H and O–H groups in total. The van der Waals surface area contributed by atoms with E-state index in [1.165, 1.54) is 30.3 Å². The quantitative estimate of drug-likeness (QED) is 0.817. The van der Waals surface area contributed by atoms with E-state index in [1.54, 1.807) is 30.8 Å². The molecule has 5 nitrogen and oxygen atoms in total. The summed E-state index contributed by atoms with van der Waals surface area (Å²) in [4.78, 5) is 13.6. The monoisotopic (exact) mass is 394 g/mol. The van der Waals surface area contributed by atoms with E-state index in [0.29, 0.717) is 6.42 Å². The fourth-order valence-corrected chi connectivity index (χ4v) is 5.03. The van der Waals surface area contributed by atoms with Gasteiger partial charge in [0.05, 0.1) is 10.9 Å². The van der Waals surface area contributed by atoms with E-state index in [9.17, 15) is 17.6 Å². The molecule has 0 aliphatic carbocycles. The van der Waals surface area contributed by atoms with Crippen LogP contribution in [0.4, 0.5) is 4.39 Å². The molecule has 1 aliphatic heterocycles. The van der Waals surface area contributed by atoms with Crippen LogP contribution in [0.1, 0.15) is 35.3 Å². The number of hydrogen-bond donors (Lipinski definition) is 2. The number of sulfonamides is 1. The number of amides is 1. The SMILES string of the molecule is CCNS(=O)(=O)c1cccc(C(=O)NC2CCSc3ccc(F)cc32)c1. The summed E-state index contributed by atoms with van der Waals surface area (Å²) in [6.45, 7) is 1.95. The molecule has 2 aromatic carbocycles. The number of nitrogens with one attached hydrogen (secondary N) is 2. The van der Waals surface area contributed by atoms with E-state index in [1.807, 2.05) is 0 Å². The summed E-state index contributed by atoms with van der Waals surface area (Å²) >= 11 is 1.63. The summed E-state index contributed by atoms with van der Waals surface area (Å²) < 4.78 is 40.2. The third-order valence-corrected chi connectivity index (χ3v) is 6.72. The lowest BCUT2D eigenvalue weighted by Crippen LogP contribution is -2.31. The van der Waals surface area contributed by atoms with E-state index in [2.05, 4.69) is 10.0 Å². The molecular weight excluding hydrogens is 375 g/mol. The lowest BCUT2D eigenvalue weighted by Gasteiger charge is -2.26. The Bertz CT molecular complexity index is 932. The Balaban J connectivity index is 1.83. The number of fused-ring (bicyclic) bond motifs is 1. The van der Waals surface area contributed by atoms with Gasteiger partial charge in [0, 0.05) is 22.8 Å². The molecule has 26 heavy (non-hydrogen) atoms. The number of rotatable bonds is 5. The zero-order valence-electron chi connectivity index (χ0n) is 14.2. The predicted octanol–water partition coefficient (Wildman–Crippen LogP) is 3.09. The molecule has 1 aliphatic rings. The van der Waals surface area contributed by atoms with Gasteiger partial charge in [-0.1, -0.05) is 13.0 Å². The lowest BCUT2D eigenvalue weighted by molar-refractivity contribution is 0.0934. The van der Waals surface area contributed by atoms with Crippen molar-refractivity contribution >= 4 is 27.7 Å². The molecule has 0 aromatic heterocycles. The standard InChI is InChI=1S/C18H19FN2O3S2/c1-2-20-26(23,24)14-5-3-4-12(10-14)18(22)21-16-8-9-25-17-7-6-13(19)11-15(16)17/h3-7,10-11,16,20H,2,8-9H2,1H3,(H,21,22). The highest BCUT2D eigenvalue weighted by molar-refractivity contribution is 7.99. The van der Waals surface area contributed by atoms with Crippen molar-refractivity contribution < 1.29 is 17.6 Å². The van der Waals surface area contributed by atoms with Crippen LogP contribution in [0.3, 0.4) is 0 Å². The van der Waals surface area contributed by atoms with Crippen LogP contribution in [0.2, 0.25) is 0 Å². The first-order valence-corrected chi connectivity index (χ1v) is 10.7. The van der Waals surface area contributed by atoms with Gasteiger partial charge in [0.25, 0.3) is 5.91 Å². The summed E-state index contributed by atoms with van der Waals surface area (Å²) in [6, 6.07) is 10.1. The number of carbonyl (C=O) groups excluding carboxylic acids is 1. The van der Waals surface area contributed by atoms with Crippen LogP contribution in [-0.4, -0.2) is 26.6 Å². The second-order valence-electron chi connectivity index (χ2n) is 5.87. The molecule has 2 aromatic rings. The molecule has 8 heteroatoms. The van der Waals surface area contributed by atoms with Gasteiger partial charge in [0.2, 0.25) is 10.0 Å². The second kappa shape index (κ2) is 7.77. The highest BCUT2D eigenvalue weighted by Crippen LogP contribution is 2.36. The minimum Gasteiger partial charge on any atom is -0.345 e. The average Bonchev–Trinajstić information content (AvgIpc) is 2.62. The molecule has 3 rings (SSSR count). The van der Waals surface area contributed by atoms with Crippen molar-refractivity contribution in [3.8, 4) is 0 Å². The van der Waals surface area contributed by atoms with Crippen molar-refractivity contribution in [1.82, 2.24) is 10.0 Å². The molecule has 1 heterocycles. The summed E-state index contributed by atoms with van der Waals surface area (Å²) in [6.07, 6.45) is 0.683. The minimum absolute atomic E-state index is 0.0395. The van der Waals surface area contributed by atoms with Gasteiger partial charge < -0.3 is 5.32 Å². The summed E-state index contributed by atoms with van der Waals surface area (Å²) in [5.41, 5.74) is 1.01. The Morgan fingerprint density at radius 2 is 2.08 bits per heavy atom. The van der Waals surface area contributed by atoms with E-state index in [0.717, 1.165) is 16.2 Å². The van der Waals surface area contributed by atoms with E-state index in [4.69, 9.17) is 0 Å². The normalized spacial score (nSPS) is 16.8. The number of benzene rings is 2. The van der Waals surface area contributed by atoms with Crippen molar-refractivity contribution in [2.75, 3.05) is 12.3 Å². The van der Waals surface area contributed by atoms with Crippen molar-refractivity contribution in [1.29, 1.82) is 0 Å². The molecule has 1 unspecified atom stereocenters. The second-order valence-corrected chi connectivity index (χ2v) is 8.78. The zero-order chi connectivity index (χ0) is 18.7. The third kappa shape index (κ3) is 4.08. The first kappa shape index (κ1) is 18.9. The Labute approximate surface area is 156 Å². The highest BCUT2D eigenvalue weighted by atomic mass is 32.2. The molecule has 0 fully saturated rings. The van der Waals surface area contributed by atoms with Crippen LogP contribution in [-0.2, 0) is 10.0 Å². The summed E-state index contributed by atoms with van der Waals surface area (Å²) in [5, 5.41) is 2.90. The largest absolute Gasteiger partial charge is 0.345 e. The van der Waals surface area contributed by atoms with Crippen molar-refractivity contribution in [2.24, 2.45) is 0 Å². The predicted molar refractivity (Wildman–Crippen MR) is 99.3 cm³/mol. The van der Waals surface area contributed by atoms with E-state index < -0.39 is 10.0 Å². The Morgan fingerprint density at radius 3 is 2.85 bits per heavy atom. The minimum atomic E-state index is -3.64. The van der Waals surface area contributed by atoms with Crippen LogP contribution in [0, 0.1) is 5.82 Å². The molecule has 1 amide bonds. The van der Waals surface area contributed by atoms with Crippen molar-refractivity contribution in [3.05, 3.63) is 59.4 Å². The van der Waals surface area contributed by atoms with E-state index >= 15 is 0 Å². The first-order chi connectivity index (χ1) is 12.4. The Kier molecular flexibility index (Phi) is 5.64. The average molecular weight is 394 g/mol. The van der Waals surface area contributed by atoms with Crippen LogP contribution in [0.15, 0.2) is 52.3 Å². The van der Waals surface area contributed by atoms with Gasteiger partial charge in [-0.15, -0.1) is 11.8 Å². The maximum atomic E-state index is 13.6. The van der Waals surface area contributed by atoms with Gasteiger partial charge in [0.15, 0.2) is 0 Å². The fourth-order valence-electron chi connectivity index (χ4n) is 2.83. The highest BCUT2D eigenvalue weighted by Gasteiger charge is 2.24. The molecule has 0 saturated carbocycles. The topological polar surface area (TPSA) is 75.3 Å². The van der Waals surface area contributed by atoms with Crippen LogP contribution in [0.5, 0.6) is 0 Å². The number of hydrogen-bond acceptors (Lipinski definition) is 4. The number of halogens is 1. The van der Waals surface area contributed by atoms with Gasteiger partial charge in [0.1, 0.15) is 5.82 Å². The van der Waals surface area contributed by atoms with Crippen LogP contribution >= 0.6 is 11.8 Å². The Hall–Kier alpha value is -1.90. The maximum absolute atomic E-state index is 13.6. The fraction of sp³-hybridized carbons (Fsp3) is 0.278.